The van der Waals surface area contributed by atoms with Gasteiger partial charge in [0, 0.05) is 11.9 Å². The first-order chi connectivity index (χ1) is 13.6. The van der Waals surface area contributed by atoms with Crippen molar-refractivity contribution in [1.29, 1.82) is 0 Å². The van der Waals surface area contributed by atoms with Crippen LogP contribution >= 0.6 is 11.3 Å². The summed E-state index contributed by atoms with van der Waals surface area (Å²) in [4.78, 5) is 29.9. The molecule has 0 unspecified atom stereocenters. The summed E-state index contributed by atoms with van der Waals surface area (Å²) in [5, 5.41) is 7.84. The summed E-state index contributed by atoms with van der Waals surface area (Å²) in [6.07, 6.45) is 0. The number of aryl methyl sites for hydroxylation is 1. The predicted octanol–water partition coefficient (Wildman–Crippen LogP) is 3.68. The van der Waals surface area contributed by atoms with Gasteiger partial charge in [0.05, 0.1) is 22.3 Å². The lowest BCUT2D eigenvalue weighted by atomic mass is 10.2. The van der Waals surface area contributed by atoms with Gasteiger partial charge in [0.1, 0.15) is 5.75 Å². The van der Waals surface area contributed by atoms with Crippen molar-refractivity contribution in [2.24, 2.45) is 0 Å². The van der Waals surface area contributed by atoms with Crippen molar-refractivity contribution in [3.05, 3.63) is 58.4 Å². The maximum Gasteiger partial charge on any atom is 0.281 e. The summed E-state index contributed by atoms with van der Waals surface area (Å²) in [6, 6.07) is 12.7. The summed E-state index contributed by atoms with van der Waals surface area (Å²) in [6.45, 7) is 4.95. The number of aromatic nitrogens is 3. The van der Waals surface area contributed by atoms with Crippen molar-refractivity contribution < 1.29 is 9.53 Å². The molecule has 0 aliphatic carbocycles. The van der Waals surface area contributed by atoms with E-state index in [0.717, 1.165) is 16.0 Å². The van der Waals surface area contributed by atoms with Gasteiger partial charge in [0.25, 0.3) is 5.91 Å². The third kappa shape index (κ3) is 3.22. The summed E-state index contributed by atoms with van der Waals surface area (Å²) in [7, 11) is 0. The topological polar surface area (TPSA) is 86.1 Å². The third-order valence-corrected chi connectivity index (χ3v) is 5.20. The number of thiazole rings is 1. The monoisotopic (exact) mass is 394 g/mol. The van der Waals surface area contributed by atoms with Gasteiger partial charge in [0.2, 0.25) is 5.43 Å². The Morgan fingerprint density at radius 3 is 2.82 bits per heavy atom. The normalized spacial score (nSPS) is 11.1. The average molecular weight is 394 g/mol. The van der Waals surface area contributed by atoms with Crippen molar-refractivity contribution in [1.82, 2.24) is 14.8 Å². The third-order valence-electron chi connectivity index (χ3n) is 4.27. The van der Waals surface area contributed by atoms with Gasteiger partial charge in [-0.05, 0) is 44.2 Å². The fourth-order valence-electron chi connectivity index (χ4n) is 3.00. The smallest absolute Gasteiger partial charge is 0.281 e. The Balaban J connectivity index is 1.69. The van der Waals surface area contributed by atoms with Crippen molar-refractivity contribution in [2.45, 2.75) is 20.4 Å². The second kappa shape index (κ2) is 7.40. The number of nitrogens with zero attached hydrogens (tertiary/aromatic N) is 3. The Labute approximate surface area is 164 Å². The largest absolute Gasteiger partial charge is 0.494 e. The molecule has 0 saturated carbocycles. The quantitative estimate of drug-likeness (QED) is 0.558. The van der Waals surface area contributed by atoms with Gasteiger partial charge in [-0.25, -0.2) is 4.98 Å². The van der Waals surface area contributed by atoms with E-state index in [1.165, 1.54) is 11.3 Å². The molecule has 2 aromatic carbocycles. The lowest BCUT2D eigenvalue weighted by molar-refractivity contribution is 0.101. The second-order valence-electron chi connectivity index (χ2n) is 6.05. The van der Waals surface area contributed by atoms with Crippen LogP contribution in [0.2, 0.25) is 0 Å². The average Bonchev–Trinajstić information content (AvgIpc) is 3.10. The van der Waals surface area contributed by atoms with E-state index >= 15 is 0 Å². The van der Waals surface area contributed by atoms with Crippen LogP contribution < -0.4 is 15.5 Å². The van der Waals surface area contributed by atoms with E-state index < -0.39 is 11.3 Å². The zero-order valence-corrected chi connectivity index (χ0v) is 16.2. The molecule has 0 bridgehead atoms. The predicted molar refractivity (Wildman–Crippen MR) is 110 cm³/mol. The highest BCUT2D eigenvalue weighted by Gasteiger charge is 2.18. The molecule has 0 aliphatic heterocycles. The number of hydrogen-bond donors (Lipinski definition) is 1. The molecule has 4 rings (SSSR count). The number of nitrogens with one attached hydrogen (secondary N) is 1. The number of rotatable bonds is 5. The van der Waals surface area contributed by atoms with E-state index in [2.05, 4.69) is 15.4 Å². The number of para-hydroxylation sites is 1. The number of hydrogen-bond acceptors (Lipinski definition) is 6. The van der Waals surface area contributed by atoms with E-state index in [-0.39, 0.29) is 5.69 Å². The molecule has 7 nitrogen and oxygen atoms in total. The highest BCUT2D eigenvalue weighted by molar-refractivity contribution is 7.22. The van der Waals surface area contributed by atoms with Crippen molar-refractivity contribution in [2.75, 3.05) is 11.9 Å². The second-order valence-corrected chi connectivity index (χ2v) is 7.08. The maximum atomic E-state index is 12.7. The lowest BCUT2D eigenvalue weighted by Crippen LogP contribution is -2.27. The molecule has 1 amide bonds. The summed E-state index contributed by atoms with van der Waals surface area (Å²) in [5.41, 5.74) is 0.920. The minimum atomic E-state index is -0.568. The molecule has 28 heavy (non-hydrogen) atoms. The molecule has 0 radical (unpaired) electrons. The molecular formula is C20H18N4O3S. The number of carbonyl (C=O) groups excluding carboxylic acids is 1. The van der Waals surface area contributed by atoms with Crippen LogP contribution in [0.1, 0.15) is 24.3 Å². The van der Waals surface area contributed by atoms with Crippen LogP contribution in [-0.4, -0.2) is 27.3 Å². The number of amides is 1. The first-order valence-electron chi connectivity index (χ1n) is 8.95. The van der Waals surface area contributed by atoms with Gasteiger partial charge in [0.15, 0.2) is 10.8 Å². The van der Waals surface area contributed by atoms with Crippen LogP contribution in [0.5, 0.6) is 5.75 Å². The molecule has 0 fully saturated rings. The fourth-order valence-corrected chi connectivity index (χ4v) is 3.89. The highest BCUT2D eigenvalue weighted by atomic mass is 32.1. The Kier molecular flexibility index (Phi) is 4.79. The maximum absolute atomic E-state index is 12.7. The van der Waals surface area contributed by atoms with E-state index in [1.807, 2.05) is 44.2 Å². The molecule has 1 N–H and O–H groups in total. The van der Waals surface area contributed by atoms with Gasteiger partial charge < -0.3 is 4.74 Å². The molecule has 0 aliphatic rings. The number of fused-ring (bicyclic) bond motifs is 2. The first-order valence-corrected chi connectivity index (χ1v) is 9.77. The van der Waals surface area contributed by atoms with E-state index in [9.17, 15) is 9.59 Å². The van der Waals surface area contributed by atoms with E-state index in [1.54, 1.807) is 16.8 Å². The van der Waals surface area contributed by atoms with Crippen molar-refractivity contribution >= 4 is 43.5 Å². The molecule has 142 valence electrons. The van der Waals surface area contributed by atoms with Crippen LogP contribution in [0, 0.1) is 0 Å². The van der Waals surface area contributed by atoms with Gasteiger partial charge in [-0.15, -0.1) is 0 Å². The minimum Gasteiger partial charge on any atom is -0.494 e. The molecule has 0 spiro atoms. The Morgan fingerprint density at radius 2 is 2.04 bits per heavy atom. The van der Waals surface area contributed by atoms with Crippen molar-refractivity contribution in [3.63, 3.8) is 0 Å². The number of benzene rings is 2. The molecule has 4 aromatic rings. The van der Waals surface area contributed by atoms with Crippen LogP contribution in [0.25, 0.3) is 21.1 Å². The number of carbonyl (C=O) groups is 1. The van der Waals surface area contributed by atoms with E-state index in [0.29, 0.717) is 29.2 Å². The number of anilines is 1. The first kappa shape index (κ1) is 18.1. The van der Waals surface area contributed by atoms with Gasteiger partial charge >= 0.3 is 0 Å². The minimum absolute atomic E-state index is 0.144. The molecule has 0 atom stereocenters. The Hall–Kier alpha value is -3.26. The van der Waals surface area contributed by atoms with Gasteiger partial charge in [-0.1, -0.05) is 23.5 Å². The standard InChI is InChI=1S/C20H18N4O3S/c1-3-24-15-8-6-5-7-13(15)18(25)17(23-24)19(26)22-20-21-14-10-9-12(27-4-2)11-16(14)28-20/h5-11H,3-4H2,1-2H3,(H,21,22,26). The molecular weight excluding hydrogens is 376 g/mol. The van der Waals surface area contributed by atoms with Crippen LogP contribution in [0.15, 0.2) is 47.3 Å². The Bertz CT molecular complexity index is 1250. The summed E-state index contributed by atoms with van der Waals surface area (Å²) < 4.78 is 8.03. The molecule has 0 saturated heterocycles. The van der Waals surface area contributed by atoms with E-state index in [4.69, 9.17) is 4.74 Å². The van der Waals surface area contributed by atoms with Gasteiger partial charge in [-0.2, -0.15) is 5.10 Å². The van der Waals surface area contributed by atoms with Gasteiger partial charge in [-0.3, -0.25) is 19.6 Å². The zero-order valence-electron chi connectivity index (χ0n) is 15.4. The van der Waals surface area contributed by atoms with Crippen LogP contribution in [0.3, 0.4) is 0 Å². The van der Waals surface area contributed by atoms with Crippen LogP contribution in [0.4, 0.5) is 5.13 Å². The molecule has 8 heteroatoms. The fraction of sp³-hybridized carbons (Fsp3) is 0.200. The van der Waals surface area contributed by atoms with Crippen molar-refractivity contribution in [3.8, 4) is 5.75 Å². The highest BCUT2D eigenvalue weighted by Crippen LogP contribution is 2.29. The molecule has 2 aromatic heterocycles. The number of ether oxygens (including phenoxy) is 1. The summed E-state index contributed by atoms with van der Waals surface area (Å²) >= 11 is 1.32. The van der Waals surface area contributed by atoms with Crippen LogP contribution in [-0.2, 0) is 6.54 Å². The Morgan fingerprint density at radius 1 is 1.21 bits per heavy atom. The summed E-state index contributed by atoms with van der Waals surface area (Å²) in [5.74, 6) is 0.181. The SMILES string of the molecule is CCOc1ccc2nc(NC(=O)c3nn(CC)c4ccccc4c3=O)sc2c1. The zero-order chi connectivity index (χ0) is 19.7. The molecule has 2 heterocycles. The lowest BCUT2D eigenvalue weighted by Gasteiger charge is -2.09.